The molecule has 0 unspecified atom stereocenters. The molecule has 0 saturated heterocycles. The van der Waals surface area contributed by atoms with Crippen molar-refractivity contribution >= 4 is 21.7 Å². The van der Waals surface area contributed by atoms with E-state index in [-0.39, 0.29) is 12.6 Å². The van der Waals surface area contributed by atoms with Crippen LogP contribution >= 0.6 is 0 Å². The zero-order valence-electron chi connectivity index (χ0n) is 14.9. The molecule has 0 spiro atoms. The van der Waals surface area contributed by atoms with Crippen LogP contribution in [-0.4, -0.2) is 48.5 Å². The largest absolute Gasteiger partial charge is 0.465 e. The van der Waals surface area contributed by atoms with Crippen LogP contribution in [0.3, 0.4) is 0 Å². The second-order valence-electron chi connectivity index (χ2n) is 6.23. The first-order chi connectivity index (χ1) is 11.6. The molecular weight excluding hydrogens is 346 g/mol. The Labute approximate surface area is 147 Å². The molecule has 0 aromatic carbocycles. The van der Waals surface area contributed by atoms with Gasteiger partial charge in [0.05, 0.1) is 37.1 Å². The van der Waals surface area contributed by atoms with E-state index in [0.717, 1.165) is 11.9 Å². The summed E-state index contributed by atoms with van der Waals surface area (Å²) in [6, 6.07) is 3.63. The van der Waals surface area contributed by atoms with Gasteiger partial charge >= 0.3 is 5.97 Å². The van der Waals surface area contributed by atoms with E-state index in [1.54, 1.807) is 31.5 Å². The van der Waals surface area contributed by atoms with Crippen LogP contribution in [0.4, 0.5) is 0 Å². The molecule has 138 valence electrons. The second-order valence-corrected chi connectivity index (χ2v) is 7.87. The van der Waals surface area contributed by atoms with Crippen LogP contribution < -0.4 is 0 Å². The molecule has 0 saturated carbocycles. The summed E-state index contributed by atoms with van der Waals surface area (Å²) in [5.41, 5.74) is 1.12. The van der Waals surface area contributed by atoms with Gasteiger partial charge in [-0.25, -0.2) is 9.50 Å². The fourth-order valence-corrected chi connectivity index (χ4v) is 2.66. The molecule has 2 aromatic heterocycles. The molecule has 0 aliphatic heterocycles. The Morgan fingerprint density at radius 2 is 2.04 bits per heavy atom. The smallest absolute Gasteiger partial charge is 0.317 e. The first-order valence-corrected chi connectivity index (χ1v) is 9.82. The minimum absolute atomic E-state index is 0.115. The van der Waals surface area contributed by atoms with Gasteiger partial charge in [0.1, 0.15) is 5.41 Å². The Morgan fingerprint density at radius 3 is 2.68 bits per heavy atom. The Kier molecular flexibility index (Phi) is 5.79. The lowest BCUT2D eigenvalue weighted by molar-refractivity contribution is -0.148. The Hall–Kier alpha value is -2.00. The number of imidazole rings is 1. The molecule has 0 fully saturated rings. The predicted octanol–water partition coefficient (Wildman–Crippen LogP) is 1.48. The van der Waals surface area contributed by atoms with Gasteiger partial charge in [-0.2, -0.15) is 13.5 Å². The van der Waals surface area contributed by atoms with Gasteiger partial charge in [-0.05, 0) is 45.7 Å². The van der Waals surface area contributed by atoms with Gasteiger partial charge < -0.3 is 4.74 Å². The highest BCUT2D eigenvalue weighted by atomic mass is 32.2. The maximum atomic E-state index is 12.1. The molecule has 2 aromatic rings. The summed E-state index contributed by atoms with van der Waals surface area (Å²) in [6.45, 7) is 5.71. The summed E-state index contributed by atoms with van der Waals surface area (Å²) >= 11 is 0. The topological polar surface area (TPSA) is 99.9 Å². The Balaban J connectivity index is 2.12. The summed E-state index contributed by atoms with van der Waals surface area (Å²) in [4.78, 5) is 16.6. The quantitative estimate of drug-likeness (QED) is 0.395. The molecule has 2 heterocycles. The van der Waals surface area contributed by atoms with E-state index in [2.05, 4.69) is 10.1 Å². The minimum Gasteiger partial charge on any atom is -0.465 e. The summed E-state index contributed by atoms with van der Waals surface area (Å²) in [7, 11) is -3.42. The standard InChI is InChI=1S/C16H23N3O5S/c1-5-23-15(20)16(2,3)13-11-19-14(17-13)9-8-12(18-19)7-6-10-24-25(4,21)22/h8-9,11H,5-7,10H2,1-4H3. The number of fused-ring (bicyclic) bond motifs is 1. The van der Waals surface area contributed by atoms with E-state index >= 15 is 0 Å². The third kappa shape index (κ3) is 4.99. The summed E-state index contributed by atoms with van der Waals surface area (Å²) in [6.07, 6.45) is 3.83. The average molecular weight is 369 g/mol. The zero-order chi connectivity index (χ0) is 18.7. The molecule has 0 N–H and O–H groups in total. The Bertz CT molecular complexity index is 858. The number of carbonyl (C=O) groups excluding carboxylic acids is 1. The van der Waals surface area contributed by atoms with Crippen molar-refractivity contribution in [2.45, 2.75) is 39.0 Å². The van der Waals surface area contributed by atoms with Gasteiger partial charge in [-0.3, -0.25) is 8.98 Å². The van der Waals surface area contributed by atoms with Crippen molar-refractivity contribution in [2.24, 2.45) is 0 Å². The highest BCUT2D eigenvalue weighted by Crippen LogP contribution is 2.24. The number of rotatable bonds is 8. The third-order valence-corrected chi connectivity index (χ3v) is 4.27. The normalized spacial score (nSPS) is 12.5. The van der Waals surface area contributed by atoms with Crippen LogP contribution in [-0.2, 0) is 35.7 Å². The predicted molar refractivity (Wildman–Crippen MR) is 91.8 cm³/mol. The number of esters is 1. The second kappa shape index (κ2) is 7.49. The van der Waals surface area contributed by atoms with Gasteiger partial charge in [0, 0.05) is 0 Å². The first-order valence-electron chi connectivity index (χ1n) is 8.01. The lowest BCUT2D eigenvalue weighted by Gasteiger charge is -2.19. The monoisotopic (exact) mass is 369 g/mol. The first kappa shape index (κ1) is 19.3. The summed E-state index contributed by atoms with van der Waals surface area (Å²) < 4.78 is 33.3. The van der Waals surface area contributed by atoms with Crippen LogP contribution in [0.25, 0.3) is 5.65 Å². The maximum absolute atomic E-state index is 12.1. The van der Waals surface area contributed by atoms with Crippen LogP contribution in [0, 0.1) is 0 Å². The molecular formula is C16H23N3O5S. The lowest BCUT2D eigenvalue weighted by Crippen LogP contribution is -2.31. The molecule has 0 radical (unpaired) electrons. The van der Waals surface area contributed by atoms with Crippen molar-refractivity contribution in [2.75, 3.05) is 19.5 Å². The molecule has 0 atom stereocenters. The fraction of sp³-hybridized carbons (Fsp3) is 0.562. The van der Waals surface area contributed by atoms with E-state index in [1.807, 2.05) is 12.1 Å². The SMILES string of the molecule is CCOC(=O)C(C)(C)c1cn2nc(CCCOS(C)(=O)=O)ccc2n1. The van der Waals surface area contributed by atoms with Crippen molar-refractivity contribution in [3.05, 3.63) is 29.7 Å². The van der Waals surface area contributed by atoms with Crippen LogP contribution in [0.2, 0.25) is 0 Å². The molecule has 8 nitrogen and oxygen atoms in total. The number of aromatic nitrogens is 3. The Morgan fingerprint density at radius 1 is 1.32 bits per heavy atom. The van der Waals surface area contributed by atoms with Crippen LogP contribution in [0.15, 0.2) is 18.3 Å². The van der Waals surface area contributed by atoms with Crippen molar-refractivity contribution in [3.8, 4) is 0 Å². The van der Waals surface area contributed by atoms with Crippen LogP contribution in [0.5, 0.6) is 0 Å². The van der Waals surface area contributed by atoms with Gasteiger partial charge in [0.25, 0.3) is 10.1 Å². The van der Waals surface area contributed by atoms with Crippen LogP contribution in [0.1, 0.15) is 38.6 Å². The van der Waals surface area contributed by atoms with Gasteiger partial charge in [0.15, 0.2) is 5.65 Å². The number of carbonyl (C=O) groups is 1. The van der Waals surface area contributed by atoms with Gasteiger partial charge in [-0.1, -0.05) is 0 Å². The van der Waals surface area contributed by atoms with Crippen molar-refractivity contribution in [1.29, 1.82) is 0 Å². The number of ether oxygens (including phenoxy) is 1. The number of hydrogen-bond donors (Lipinski definition) is 0. The van der Waals surface area contributed by atoms with E-state index in [4.69, 9.17) is 8.92 Å². The van der Waals surface area contributed by atoms with E-state index in [0.29, 0.717) is 30.8 Å². The number of aryl methyl sites for hydroxylation is 1. The van der Waals surface area contributed by atoms with Crippen molar-refractivity contribution in [1.82, 2.24) is 14.6 Å². The van der Waals surface area contributed by atoms with E-state index in [9.17, 15) is 13.2 Å². The molecule has 0 amide bonds. The van der Waals surface area contributed by atoms with E-state index < -0.39 is 15.5 Å². The number of nitrogens with zero attached hydrogens (tertiary/aromatic N) is 3. The minimum atomic E-state index is -3.42. The van der Waals surface area contributed by atoms with Crippen molar-refractivity contribution in [3.63, 3.8) is 0 Å². The average Bonchev–Trinajstić information content (AvgIpc) is 2.95. The molecule has 9 heteroatoms. The molecule has 0 aliphatic rings. The zero-order valence-corrected chi connectivity index (χ0v) is 15.7. The molecule has 0 aliphatic carbocycles. The molecule has 25 heavy (non-hydrogen) atoms. The van der Waals surface area contributed by atoms with E-state index in [1.165, 1.54) is 0 Å². The summed E-state index contributed by atoms with van der Waals surface area (Å²) in [5.74, 6) is -0.337. The molecule has 0 bridgehead atoms. The lowest BCUT2D eigenvalue weighted by atomic mass is 9.90. The third-order valence-electron chi connectivity index (χ3n) is 3.68. The number of hydrogen-bond acceptors (Lipinski definition) is 7. The maximum Gasteiger partial charge on any atom is 0.317 e. The van der Waals surface area contributed by atoms with Gasteiger partial charge in [0.2, 0.25) is 0 Å². The van der Waals surface area contributed by atoms with Gasteiger partial charge in [-0.15, -0.1) is 0 Å². The van der Waals surface area contributed by atoms with Crippen molar-refractivity contribution < 1.29 is 22.1 Å². The molecule has 2 rings (SSSR count). The highest BCUT2D eigenvalue weighted by Gasteiger charge is 2.34. The summed E-state index contributed by atoms with van der Waals surface area (Å²) in [5, 5.41) is 4.45. The highest BCUT2D eigenvalue weighted by molar-refractivity contribution is 7.85. The fourth-order valence-electron chi connectivity index (χ4n) is 2.24.